The van der Waals surface area contributed by atoms with Crippen molar-refractivity contribution >= 4 is 0 Å². The van der Waals surface area contributed by atoms with Crippen LogP contribution in [-0.4, -0.2) is 19.0 Å². The molecule has 0 N–H and O–H groups in total. The van der Waals surface area contributed by atoms with Crippen LogP contribution in [0.25, 0.3) is 0 Å². The topological polar surface area (TPSA) is 18.5 Å². The van der Waals surface area contributed by atoms with Gasteiger partial charge in [0.05, 0.1) is 6.10 Å². The fourth-order valence-electron chi connectivity index (χ4n) is 2.95. The molecule has 0 aromatic heterocycles. The van der Waals surface area contributed by atoms with Gasteiger partial charge >= 0.3 is 0 Å². The molecule has 0 spiro atoms. The zero-order valence-corrected chi connectivity index (χ0v) is 12.6. The fraction of sp³-hybridized carbons (Fsp3) is 1.00. The van der Waals surface area contributed by atoms with Gasteiger partial charge in [0.2, 0.25) is 0 Å². The lowest BCUT2D eigenvalue weighted by Crippen LogP contribution is -2.50. The predicted molar refractivity (Wildman–Crippen MR) is 71.9 cm³/mol. The lowest BCUT2D eigenvalue weighted by molar-refractivity contribution is -0.291. The van der Waals surface area contributed by atoms with Crippen LogP contribution in [0.1, 0.15) is 54.4 Å². The van der Waals surface area contributed by atoms with Gasteiger partial charge < -0.3 is 9.47 Å². The van der Waals surface area contributed by atoms with E-state index in [1.807, 2.05) is 0 Å². The van der Waals surface area contributed by atoms with Gasteiger partial charge in [-0.3, -0.25) is 0 Å². The summed E-state index contributed by atoms with van der Waals surface area (Å²) in [5.74, 6) is 2.17. The summed E-state index contributed by atoms with van der Waals surface area (Å²) in [4.78, 5) is 0. The third-order valence-electron chi connectivity index (χ3n) is 4.99. The summed E-state index contributed by atoms with van der Waals surface area (Å²) in [6.07, 6.45) is 2.53. The van der Waals surface area contributed by atoms with Crippen LogP contribution in [-0.2, 0) is 9.47 Å². The Labute approximate surface area is 107 Å². The lowest BCUT2D eigenvalue weighted by Gasteiger charge is -2.47. The molecule has 1 fully saturated rings. The average Bonchev–Trinajstić information content (AvgIpc) is 2.32. The van der Waals surface area contributed by atoms with Crippen molar-refractivity contribution in [2.45, 2.75) is 66.3 Å². The zero-order chi connectivity index (χ0) is 13.2. The molecule has 0 radical (unpaired) electrons. The highest BCUT2D eigenvalue weighted by molar-refractivity contribution is 4.87. The Balaban J connectivity index is 2.81. The van der Waals surface area contributed by atoms with E-state index in [0.29, 0.717) is 29.8 Å². The molecule has 6 atom stereocenters. The second kappa shape index (κ2) is 5.71. The van der Waals surface area contributed by atoms with Crippen molar-refractivity contribution in [3.8, 4) is 0 Å². The molecule has 0 aromatic carbocycles. The molecule has 102 valence electrons. The number of hydrogen-bond acceptors (Lipinski definition) is 2. The predicted octanol–water partition coefficient (Wildman–Crippen LogP) is 4.09. The molecule has 0 bridgehead atoms. The molecule has 1 aliphatic rings. The molecule has 1 aliphatic heterocycles. The molecule has 0 saturated carbocycles. The van der Waals surface area contributed by atoms with E-state index in [0.717, 1.165) is 6.42 Å². The van der Waals surface area contributed by atoms with Gasteiger partial charge in [-0.25, -0.2) is 0 Å². The first-order valence-electron chi connectivity index (χ1n) is 7.07. The second-order valence-electron chi connectivity index (χ2n) is 6.21. The van der Waals surface area contributed by atoms with Crippen LogP contribution in [0.4, 0.5) is 0 Å². The summed E-state index contributed by atoms with van der Waals surface area (Å²) in [5.41, 5.74) is 0. The first-order chi connectivity index (χ1) is 7.84. The molecule has 2 heteroatoms. The molecule has 1 rings (SSSR count). The van der Waals surface area contributed by atoms with Crippen LogP contribution in [0.15, 0.2) is 0 Å². The first-order valence-corrected chi connectivity index (χ1v) is 7.07. The largest absolute Gasteiger partial charge is 0.353 e. The van der Waals surface area contributed by atoms with Gasteiger partial charge in [0.25, 0.3) is 0 Å². The molecule has 17 heavy (non-hydrogen) atoms. The number of methoxy groups -OCH3 is 1. The molecule has 4 unspecified atom stereocenters. The quantitative estimate of drug-likeness (QED) is 0.739. The highest BCUT2D eigenvalue weighted by atomic mass is 16.7. The SMILES string of the molecule is CC[C@@H](C)[C@@H](C)C1OC(C)(OC)CC(C)C1C. The molecule has 0 aromatic rings. The highest BCUT2D eigenvalue weighted by Crippen LogP contribution is 2.41. The number of hydrogen-bond donors (Lipinski definition) is 0. The molecular weight excluding hydrogens is 212 g/mol. The minimum absolute atomic E-state index is 0.318. The van der Waals surface area contributed by atoms with Crippen molar-refractivity contribution < 1.29 is 9.47 Å². The van der Waals surface area contributed by atoms with Crippen molar-refractivity contribution in [3.05, 3.63) is 0 Å². The van der Waals surface area contributed by atoms with Crippen molar-refractivity contribution in [1.29, 1.82) is 0 Å². The van der Waals surface area contributed by atoms with Gasteiger partial charge in [0.1, 0.15) is 0 Å². The van der Waals surface area contributed by atoms with Gasteiger partial charge in [0.15, 0.2) is 5.79 Å². The van der Waals surface area contributed by atoms with Crippen molar-refractivity contribution in [2.75, 3.05) is 7.11 Å². The van der Waals surface area contributed by atoms with Crippen LogP contribution in [0, 0.1) is 23.7 Å². The summed E-state index contributed by atoms with van der Waals surface area (Å²) in [7, 11) is 1.76. The van der Waals surface area contributed by atoms with Crippen LogP contribution in [0.2, 0.25) is 0 Å². The maximum Gasteiger partial charge on any atom is 0.165 e. The van der Waals surface area contributed by atoms with Crippen LogP contribution >= 0.6 is 0 Å². The van der Waals surface area contributed by atoms with E-state index < -0.39 is 5.79 Å². The molecular formula is C15H30O2. The first kappa shape index (κ1) is 15.0. The minimum Gasteiger partial charge on any atom is -0.353 e. The molecule has 0 aliphatic carbocycles. The van der Waals surface area contributed by atoms with Gasteiger partial charge in [-0.15, -0.1) is 0 Å². The fourth-order valence-corrected chi connectivity index (χ4v) is 2.95. The Hall–Kier alpha value is -0.0800. The molecule has 1 heterocycles. The van der Waals surface area contributed by atoms with Crippen LogP contribution in [0.3, 0.4) is 0 Å². The van der Waals surface area contributed by atoms with E-state index in [2.05, 4.69) is 41.5 Å². The summed E-state index contributed by atoms with van der Waals surface area (Å²) < 4.78 is 11.8. The van der Waals surface area contributed by atoms with Gasteiger partial charge in [0, 0.05) is 13.5 Å². The van der Waals surface area contributed by atoms with Crippen molar-refractivity contribution in [1.82, 2.24) is 0 Å². The van der Waals surface area contributed by atoms with Gasteiger partial charge in [-0.05, 0) is 30.6 Å². The van der Waals surface area contributed by atoms with E-state index in [9.17, 15) is 0 Å². The Kier molecular flexibility index (Phi) is 5.03. The average molecular weight is 242 g/mol. The third-order valence-corrected chi connectivity index (χ3v) is 4.99. The smallest absolute Gasteiger partial charge is 0.165 e. The van der Waals surface area contributed by atoms with E-state index in [-0.39, 0.29) is 0 Å². The maximum absolute atomic E-state index is 6.27. The molecule has 1 saturated heterocycles. The third kappa shape index (κ3) is 3.23. The summed E-state index contributed by atoms with van der Waals surface area (Å²) >= 11 is 0. The Bertz CT molecular complexity index is 241. The summed E-state index contributed by atoms with van der Waals surface area (Å²) in [6, 6.07) is 0. The Morgan fingerprint density at radius 2 is 1.94 bits per heavy atom. The zero-order valence-electron chi connectivity index (χ0n) is 12.6. The van der Waals surface area contributed by atoms with Crippen molar-refractivity contribution in [3.63, 3.8) is 0 Å². The molecule has 0 amide bonds. The summed E-state index contributed by atoms with van der Waals surface area (Å²) in [6.45, 7) is 13.6. The Morgan fingerprint density at radius 3 is 2.41 bits per heavy atom. The van der Waals surface area contributed by atoms with Crippen LogP contribution in [0.5, 0.6) is 0 Å². The van der Waals surface area contributed by atoms with Gasteiger partial charge in [-0.2, -0.15) is 0 Å². The van der Waals surface area contributed by atoms with E-state index in [4.69, 9.17) is 9.47 Å². The standard InChI is InChI=1S/C15H30O2/c1-8-10(2)12(4)14-13(5)11(3)9-15(6,16-7)17-14/h10-14H,8-9H2,1-7H3/t10-,11?,12-,13?,14?,15?/m1/s1. The lowest BCUT2D eigenvalue weighted by atomic mass is 9.74. The second-order valence-corrected chi connectivity index (χ2v) is 6.21. The van der Waals surface area contributed by atoms with E-state index in [1.165, 1.54) is 6.42 Å². The summed E-state index contributed by atoms with van der Waals surface area (Å²) in [5, 5.41) is 0. The normalized spacial score (nSPS) is 42.2. The van der Waals surface area contributed by atoms with Crippen molar-refractivity contribution in [2.24, 2.45) is 23.7 Å². The minimum atomic E-state index is -0.391. The van der Waals surface area contributed by atoms with E-state index in [1.54, 1.807) is 7.11 Å². The van der Waals surface area contributed by atoms with E-state index >= 15 is 0 Å². The molecule has 2 nitrogen and oxygen atoms in total. The maximum atomic E-state index is 6.27. The number of ether oxygens (including phenoxy) is 2. The number of rotatable bonds is 4. The highest BCUT2D eigenvalue weighted by Gasteiger charge is 2.43. The Morgan fingerprint density at radius 1 is 1.35 bits per heavy atom. The monoisotopic (exact) mass is 242 g/mol. The van der Waals surface area contributed by atoms with Gasteiger partial charge in [-0.1, -0.05) is 41.0 Å². The van der Waals surface area contributed by atoms with Crippen LogP contribution < -0.4 is 0 Å².